The van der Waals surface area contributed by atoms with Crippen LogP contribution in [0.3, 0.4) is 0 Å². The van der Waals surface area contributed by atoms with Crippen LogP contribution >= 0.6 is 0 Å². The predicted molar refractivity (Wildman–Crippen MR) is 133 cm³/mol. The molecule has 0 radical (unpaired) electrons. The number of benzene rings is 1. The van der Waals surface area contributed by atoms with E-state index in [9.17, 15) is 14.4 Å². The number of nitrogens with zero attached hydrogens (tertiary/aromatic N) is 5. The summed E-state index contributed by atoms with van der Waals surface area (Å²) in [6.45, 7) is 4.73. The average molecular weight is 501 g/mol. The van der Waals surface area contributed by atoms with Crippen LogP contribution in [0.4, 0.5) is 0 Å². The molecule has 0 saturated carbocycles. The maximum atomic E-state index is 13.1. The van der Waals surface area contributed by atoms with Crippen molar-refractivity contribution in [1.82, 2.24) is 29.9 Å². The summed E-state index contributed by atoms with van der Waals surface area (Å²) in [4.78, 5) is 46.1. The Bertz CT molecular complexity index is 1440. The quantitative estimate of drug-likeness (QED) is 0.534. The fourth-order valence-electron chi connectivity index (χ4n) is 5.84. The minimum atomic E-state index is -0.623. The SMILES string of the molecule is O=C1CCC(N2Cc3cc(-c4cc(CN5CCCC5)c5cn(C6COC6)nc5n4)ccc3C2=O)C(=O)N1. The summed E-state index contributed by atoms with van der Waals surface area (Å²) in [5.41, 5.74) is 5.14. The molecule has 3 aromatic rings. The monoisotopic (exact) mass is 500 g/mol. The smallest absolute Gasteiger partial charge is 0.255 e. The van der Waals surface area contributed by atoms with Gasteiger partial charge in [0.05, 0.1) is 24.9 Å². The van der Waals surface area contributed by atoms with E-state index in [1.807, 2.05) is 22.9 Å². The van der Waals surface area contributed by atoms with E-state index in [-0.39, 0.29) is 24.3 Å². The van der Waals surface area contributed by atoms with Crippen molar-refractivity contribution in [3.63, 3.8) is 0 Å². The zero-order valence-corrected chi connectivity index (χ0v) is 20.5. The normalized spacial score (nSPS) is 22.5. The summed E-state index contributed by atoms with van der Waals surface area (Å²) in [5, 5.41) is 8.23. The summed E-state index contributed by atoms with van der Waals surface area (Å²) < 4.78 is 7.35. The third-order valence-corrected chi connectivity index (χ3v) is 8.00. The Kier molecular flexibility index (Phi) is 5.33. The molecule has 7 rings (SSSR count). The molecule has 0 aliphatic carbocycles. The van der Waals surface area contributed by atoms with Gasteiger partial charge in [-0.25, -0.2) is 4.98 Å². The molecule has 1 unspecified atom stereocenters. The van der Waals surface area contributed by atoms with Gasteiger partial charge in [-0.1, -0.05) is 6.07 Å². The predicted octanol–water partition coefficient (Wildman–Crippen LogP) is 2.03. The van der Waals surface area contributed by atoms with Crippen LogP contribution in [0.5, 0.6) is 0 Å². The molecule has 2 aromatic heterocycles. The summed E-state index contributed by atoms with van der Waals surface area (Å²) >= 11 is 0. The van der Waals surface area contributed by atoms with Gasteiger partial charge in [-0.3, -0.25) is 29.3 Å². The van der Waals surface area contributed by atoms with Gasteiger partial charge in [0.2, 0.25) is 11.8 Å². The summed E-state index contributed by atoms with van der Waals surface area (Å²) in [7, 11) is 0. The third kappa shape index (κ3) is 3.91. The molecule has 1 atom stereocenters. The number of nitrogens with one attached hydrogen (secondary N) is 1. The number of hydrogen-bond donors (Lipinski definition) is 1. The molecule has 10 heteroatoms. The Morgan fingerprint density at radius 2 is 1.92 bits per heavy atom. The molecule has 190 valence electrons. The van der Waals surface area contributed by atoms with Crippen LogP contribution in [0.15, 0.2) is 30.5 Å². The standard InChI is InChI=1S/C27H28N6O4/c34-24-6-5-23(26(35)29-24)32-12-17-9-16(3-4-20(17)27(32)36)22-10-18(11-31-7-1-2-8-31)21-13-33(19-14-37-15-19)30-25(21)28-22/h3-4,9-10,13,19,23H,1-2,5-8,11-12,14-15H2,(H,29,34,35). The van der Waals surface area contributed by atoms with Gasteiger partial charge in [0.1, 0.15) is 6.04 Å². The zero-order chi connectivity index (χ0) is 25.1. The summed E-state index contributed by atoms with van der Waals surface area (Å²) in [5.74, 6) is -0.856. The van der Waals surface area contributed by atoms with Crippen LogP contribution in [-0.2, 0) is 27.4 Å². The van der Waals surface area contributed by atoms with E-state index in [4.69, 9.17) is 14.8 Å². The van der Waals surface area contributed by atoms with Gasteiger partial charge in [0.15, 0.2) is 5.65 Å². The molecular formula is C27H28N6O4. The van der Waals surface area contributed by atoms with Gasteiger partial charge in [-0.05, 0) is 61.7 Å². The van der Waals surface area contributed by atoms with Gasteiger partial charge < -0.3 is 9.64 Å². The van der Waals surface area contributed by atoms with E-state index in [1.165, 1.54) is 18.4 Å². The lowest BCUT2D eigenvalue weighted by molar-refractivity contribution is -0.136. The first-order valence-electron chi connectivity index (χ1n) is 13.0. The highest BCUT2D eigenvalue weighted by Gasteiger charge is 2.39. The van der Waals surface area contributed by atoms with Crippen LogP contribution < -0.4 is 5.32 Å². The number of ether oxygens (including phenoxy) is 1. The molecule has 3 saturated heterocycles. The lowest BCUT2D eigenvalue weighted by Crippen LogP contribution is -2.52. The Labute approximate surface area is 213 Å². The molecule has 4 aliphatic rings. The van der Waals surface area contributed by atoms with E-state index in [1.54, 1.807) is 4.90 Å². The Morgan fingerprint density at radius 1 is 1.08 bits per heavy atom. The number of carbonyl (C=O) groups excluding carboxylic acids is 3. The Hall–Kier alpha value is -3.63. The van der Waals surface area contributed by atoms with E-state index in [0.29, 0.717) is 31.7 Å². The molecule has 3 fully saturated rings. The molecule has 1 aromatic carbocycles. The number of hydrogen-bond acceptors (Lipinski definition) is 7. The number of fused-ring (bicyclic) bond motifs is 2. The number of carbonyl (C=O) groups is 3. The fourth-order valence-corrected chi connectivity index (χ4v) is 5.84. The Balaban J connectivity index is 1.23. The van der Waals surface area contributed by atoms with Gasteiger partial charge in [0.25, 0.3) is 5.91 Å². The van der Waals surface area contributed by atoms with Gasteiger partial charge in [-0.15, -0.1) is 0 Å². The maximum Gasteiger partial charge on any atom is 0.255 e. The van der Waals surface area contributed by atoms with Crippen LogP contribution in [0.1, 0.15) is 53.2 Å². The molecule has 0 bridgehead atoms. The lowest BCUT2D eigenvalue weighted by Gasteiger charge is -2.29. The second-order valence-electron chi connectivity index (χ2n) is 10.5. The number of rotatable bonds is 5. The zero-order valence-electron chi connectivity index (χ0n) is 20.5. The summed E-state index contributed by atoms with van der Waals surface area (Å²) in [6, 6.07) is 7.54. The van der Waals surface area contributed by atoms with Gasteiger partial charge in [-0.2, -0.15) is 5.10 Å². The van der Waals surface area contributed by atoms with Crippen molar-refractivity contribution in [2.45, 2.75) is 50.9 Å². The first-order chi connectivity index (χ1) is 18.0. The molecule has 10 nitrogen and oxygen atoms in total. The van der Waals surface area contributed by atoms with Crippen molar-refractivity contribution in [3.8, 4) is 11.3 Å². The van der Waals surface area contributed by atoms with E-state index in [2.05, 4.69) is 22.5 Å². The third-order valence-electron chi connectivity index (χ3n) is 8.00. The van der Waals surface area contributed by atoms with E-state index < -0.39 is 11.9 Å². The number of piperidine rings is 1. The lowest BCUT2D eigenvalue weighted by atomic mass is 10.0. The van der Waals surface area contributed by atoms with Crippen LogP contribution in [0, 0.1) is 0 Å². The first-order valence-corrected chi connectivity index (χ1v) is 13.0. The van der Waals surface area contributed by atoms with Crippen molar-refractivity contribution in [1.29, 1.82) is 0 Å². The largest absolute Gasteiger partial charge is 0.377 e. The number of pyridine rings is 1. The minimum absolute atomic E-state index is 0.171. The van der Waals surface area contributed by atoms with Crippen molar-refractivity contribution in [2.24, 2.45) is 0 Å². The molecule has 37 heavy (non-hydrogen) atoms. The number of likely N-dealkylation sites (tertiary alicyclic amines) is 1. The second kappa shape index (κ2) is 8.74. The van der Waals surface area contributed by atoms with Crippen molar-refractivity contribution in [3.05, 3.63) is 47.2 Å². The van der Waals surface area contributed by atoms with Crippen molar-refractivity contribution >= 4 is 28.8 Å². The number of amides is 3. The van der Waals surface area contributed by atoms with Crippen LogP contribution in [0.2, 0.25) is 0 Å². The minimum Gasteiger partial charge on any atom is -0.377 e. The van der Waals surface area contributed by atoms with Crippen molar-refractivity contribution in [2.75, 3.05) is 26.3 Å². The number of aromatic nitrogens is 3. The average Bonchev–Trinajstić information content (AvgIpc) is 3.57. The molecule has 0 spiro atoms. The van der Waals surface area contributed by atoms with Crippen LogP contribution in [-0.4, -0.2) is 74.6 Å². The van der Waals surface area contributed by atoms with Gasteiger partial charge in [0, 0.05) is 42.2 Å². The number of imide groups is 1. The highest BCUT2D eigenvalue weighted by Crippen LogP contribution is 2.33. The van der Waals surface area contributed by atoms with Gasteiger partial charge >= 0.3 is 0 Å². The second-order valence-corrected chi connectivity index (χ2v) is 10.5. The van der Waals surface area contributed by atoms with E-state index in [0.717, 1.165) is 47.5 Å². The molecule has 3 amide bonds. The highest BCUT2D eigenvalue weighted by molar-refractivity contribution is 6.05. The van der Waals surface area contributed by atoms with E-state index >= 15 is 0 Å². The highest BCUT2D eigenvalue weighted by atomic mass is 16.5. The topological polar surface area (TPSA) is 110 Å². The molecule has 4 aliphatic heterocycles. The maximum absolute atomic E-state index is 13.1. The first kappa shape index (κ1) is 22.6. The molecule has 1 N–H and O–H groups in total. The molecular weight excluding hydrogens is 472 g/mol. The van der Waals surface area contributed by atoms with Crippen LogP contribution in [0.25, 0.3) is 22.3 Å². The Morgan fingerprint density at radius 3 is 2.68 bits per heavy atom. The fraction of sp³-hybridized carbons (Fsp3) is 0.444. The van der Waals surface area contributed by atoms with Crippen molar-refractivity contribution < 1.29 is 19.1 Å². The summed E-state index contributed by atoms with van der Waals surface area (Å²) in [6.07, 6.45) is 5.14. The molecule has 6 heterocycles.